The van der Waals surface area contributed by atoms with E-state index in [4.69, 9.17) is 0 Å². The standard InChI is InChI=1S/C16H20N4O2S2/c1-9-5-10(2)18-15(17-9)23-7-13(14(21)22)8-24-16-19-11(3)6-12(4)20-16/h5-6,13H,7-8H2,1-4H3,(H,21,22)/p-1. The second-order valence-corrected chi connectivity index (χ2v) is 7.48. The predicted molar refractivity (Wildman–Crippen MR) is 93.0 cm³/mol. The van der Waals surface area contributed by atoms with Crippen LogP contribution in [0.1, 0.15) is 22.8 Å². The van der Waals surface area contributed by atoms with Gasteiger partial charge in [0.15, 0.2) is 10.3 Å². The zero-order valence-electron chi connectivity index (χ0n) is 14.1. The lowest BCUT2D eigenvalue weighted by molar-refractivity contribution is -0.309. The van der Waals surface area contributed by atoms with Crippen molar-refractivity contribution in [2.24, 2.45) is 5.92 Å². The highest BCUT2D eigenvalue weighted by molar-refractivity contribution is 8.00. The molecule has 2 rings (SSSR count). The Morgan fingerprint density at radius 3 is 1.50 bits per heavy atom. The van der Waals surface area contributed by atoms with Crippen LogP contribution in [0, 0.1) is 33.6 Å². The lowest BCUT2D eigenvalue weighted by Gasteiger charge is -2.16. The Morgan fingerprint density at radius 1 is 0.875 bits per heavy atom. The van der Waals surface area contributed by atoms with Gasteiger partial charge >= 0.3 is 0 Å². The van der Waals surface area contributed by atoms with Crippen molar-refractivity contribution >= 4 is 29.5 Å². The molecule has 0 aliphatic carbocycles. The van der Waals surface area contributed by atoms with Gasteiger partial charge in [-0.2, -0.15) is 0 Å². The summed E-state index contributed by atoms with van der Waals surface area (Å²) < 4.78 is 0. The number of carbonyl (C=O) groups is 1. The number of hydrogen-bond donors (Lipinski definition) is 0. The molecule has 24 heavy (non-hydrogen) atoms. The van der Waals surface area contributed by atoms with Gasteiger partial charge in [0.05, 0.1) is 0 Å². The zero-order valence-corrected chi connectivity index (χ0v) is 15.7. The minimum atomic E-state index is -1.08. The highest BCUT2D eigenvalue weighted by atomic mass is 32.2. The van der Waals surface area contributed by atoms with Crippen molar-refractivity contribution in [3.63, 3.8) is 0 Å². The number of carboxylic acids is 1. The van der Waals surface area contributed by atoms with Gasteiger partial charge in [-0.05, 0) is 39.8 Å². The van der Waals surface area contributed by atoms with Crippen LogP contribution in [0.2, 0.25) is 0 Å². The lowest BCUT2D eigenvalue weighted by atomic mass is 10.2. The first-order valence-electron chi connectivity index (χ1n) is 7.44. The van der Waals surface area contributed by atoms with Gasteiger partial charge in [-0.25, -0.2) is 19.9 Å². The fraction of sp³-hybridized carbons (Fsp3) is 0.438. The van der Waals surface area contributed by atoms with Crippen LogP contribution in [0.4, 0.5) is 0 Å². The lowest BCUT2D eigenvalue weighted by Crippen LogP contribution is -2.34. The van der Waals surface area contributed by atoms with Gasteiger partial charge in [0.2, 0.25) is 0 Å². The van der Waals surface area contributed by atoms with E-state index in [2.05, 4.69) is 19.9 Å². The number of aliphatic carboxylic acids is 1. The van der Waals surface area contributed by atoms with Crippen LogP contribution in [0.3, 0.4) is 0 Å². The zero-order chi connectivity index (χ0) is 17.7. The molecule has 0 saturated carbocycles. The molecule has 0 unspecified atom stereocenters. The number of aryl methyl sites for hydroxylation is 4. The molecule has 2 aromatic rings. The minimum absolute atomic E-state index is 0.350. The summed E-state index contributed by atoms with van der Waals surface area (Å²) in [7, 11) is 0. The first-order chi connectivity index (χ1) is 11.3. The molecule has 0 aromatic carbocycles. The summed E-state index contributed by atoms with van der Waals surface area (Å²) >= 11 is 2.66. The van der Waals surface area contributed by atoms with Crippen LogP contribution in [0.5, 0.6) is 0 Å². The van der Waals surface area contributed by atoms with Crippen molar-refractivity contribution in [1.82, 2.24) is 19.9 Å². The van der Waals surface area contributed by atoms with E-state index in [1.54, 1.807) is 0 Å². The van der Waals surface area contributed by atoms with Crippen molar-refractivity contribution in [3.05, 3.63) is 34.9 Å². The molecule has 0 aliphatic heterocycles. The van der Waals surface area contributed by atoms with Crippen molar-refractivity contribution in [2.75, 3.05) is 11.5 Å². The SMILES string of the molecule is Cc1cc(C)nc(SCC(CSc2nc(C)cc(C)n2)C(=O)[O-])n1. The molecule has 8 heteroatoms. The highest BCUT2D eigenvalue weighted by Gasteiger charge is 2.14. The number of carbonyl (C=O) groups excluding carboxylic acids is 1. The highest BCUT2D eigenvalue weighted by Crippen LogP contribution is 2.23. The second kappa shape index (κ2) is 8.43. The monoisotopic (exact) mass is 363 g/mol. The van der Waals surface area contributed by atoms with Crippen molar-refractivity contribution in [2.45, 2.75) is 38.0 Å². The van der Waals surface area contributed by atoms with E-state index in [0.717, 1.165) is 22.8 Å². The molecule has 6 nitrogen and oxygen atoms in total. The molecule has 0 radical (unpaired) electrons. The number of thioether (sulfide) groups is 2. The molecular weight excluding hydrogens is 344 g/mol. The Balaban J connectivity index is 1.97. The summed E-state index contributed by atoms with van der Waals surface area (Å²) in [4.78, 5) is 28.6. The summed E-state index contributed by atoms with van der Waals surface area (Å²) in [5.41, 5.74) is 3.47. The van der Waals surface area contributed by atoms with Crippen LogP contribution in [0.15, 0.2) is 22.4 Å². The third kappa shape index (κ3) is 5.76. The third-order valence-corrected chi connectivity index (χ3v) is 5.10. The molecule has 0 amide bonds. The van der Waals surface area contributed by atoms with Gasteiger partial charge in [-0.3, -0.25) is 0 Å². The Bertz CT molecular complexity index is 644. The van der Waals surface area contributed by atoms with Gasteiger partial charge in [0.1, 0.15) is 0 Å². The van der Waals surface area contributed by atoms with E-state index in [0.29, 0.717) is 21.8 Å². The summed E-state index contributed by atoms with van der Waals surface area (Å²) in [5.74, 6) is -1.01. The van der Waals surface area contributed by atoms with Crippen molar-refractivity contribution < 1.29 is 9.90 Å². The first kappa shape index (κ1) is 18.7. The van der Waals surface area contributed by atoms with Gasteiger partial charge in [-0.15, -0.1) is 0 Å². The molecule has 0 bridgehead atoms. The van der Waals surface area contributed by atoms with Crippen molar-refractivity contribution in [1.29, 1.82) is 0 Å². The summed E-state index contributed by atoms with van der Waals surface area (Å²) in [6.07, 6.45) is 0. The maximum absolute atomic E-state index is 11.4. The maximum Gasteiger partial charge on any atom is 0.187 e. The number of rotatable bonds is 7. The van der Waals surface area contributed by atoms with Gasteiger partial charge in [-0.1, -0.05) is 23.5 Å². The molecule has 0 spiro atoms. The molecule has 128 valence electrons. The summed E-state index contributed by atoms with van der Waals surface area (Å²) in [5, 5.41) is 12.6. The Kier molecular flexibility index (Phi) is 6.56. The molecule has 0 saturated heterocycles. The molecule has 2 heterocycles. The fourth-order valence-corrected chi connectivity index (χ4v) is 4.24. The number of hydrogen-bond acceptors (Lipinski definition) is 8. The average molecular weight is 363 g/mol. The average Bonchev–Trinajstić information content (AvgIpc) is 2.44. The predicted octanol–water partition coefficient (Wildman–Crippen LogP) is 1.75. The van der Waals surface area contributed by atoms with E-state index in [9.17, 15) is 9.90 Å². The van der Waals surface area contributed by atoms with Gasteiger partial charge < -0.3 is 9.90 Å². The molecule has 0 N–H and O–H groups in total. The molecule has 0 fully saturated rings. The summed E-state index contributed by atoms with van der Waals surface area (Å²) in [6, 6.07) is 3.76. The van der Waals surface area contributed by atoms with Crippen LogP contribution < -0.4 is 5.11 Å². The quantitative estimate of drug-likeness (QED) is 0.543. The normalized spacial score (nSPS) is 11.0. The Labute approximate surface area is 149 Å². The Hall–Kier alpha value is -1.67. The largest absolute Gasteiger partial charge is 0.550 e. The van der Waals surface area contributed by atoms with Gasteiger partial charge in [0.25, 0.3) is 0 Å². The molecule has 0 aliphatic rings. The third-order valence-electron chi connectivity index (χ3n) is 3.08. The second-order valence-electron chi connectivity index (χ2n) is 5.50. The topological polar surface area (TPSA) is 91.7 Å². The van der Waals surface area contributed by atoms with E-state index in [1.165, 1.54) is 23.5 Å². The van der Waals surface area contributed by atoms with Crippen LogP contribution in [-0.2, 0) is 4.79 Å². The Morgan fingerprint density at radius 2 is 1.21 bits per heavy atom. The maximum atomic E-state index is 11.4. The van der Waals surface area contributed by atoms with E-state index in [1.807, 2.05) is 39.8 Å². The fourth-order valence-electron chi connectivity index (χ4n) is 2.05. The van der Waals surface area contributed by atoms with E-state index < -0.39 is 11.9 Å². The minimum Gasteiger partial charge on any atom is -0.550 e. The van der Waals surface area contributed by atoms with E-state index in [-0.39, 0.29) is 0 Å². The van der Waals surface area contributed by atoms with Crippen molar-refractivity contribution in [3.8, 4) is 0 Å². The summed E-state index contributed by atoms with van der Waals surface area (Å²) in [6.45, 7) is 7.56. The number of aromatic nitrogens is 4. The van der Waals surface area contributed by atoms with Gasteiger partial charge in [0, 0.05) is 46.2 Å². The smallest absolute Gasteiger partial charge is 0.187 e. The van der Waals surface area contributed by atoms with E-state index >= 15 is 0 Å². The van der Waals surface area contributed by atoms with Crippen LogP contribution >= 0.6 is 23.5 Å². The van der Waals surface area contributed by atoms with Crippen LogP contribution in [-0.4, -0.2) is 37.4 Å². The molecule has 0 atom stereocenters. The molecule has 2 aromatic heterocycles. The molecular formula is C16H19N4O2S2-. The first-order valence-corrected chi connectivity index (χ1v) is 9.41. The number of nitrogens with zero attached hydrogens (tertiary/aromatic N) is 4. The van der Waals surface area contributed by atoms with Crippen LogP contribution in [0.25, 0.3) is 0 Å². The number of carboxylic acid groups (broad SMARTS) is 1.